The van der Waals surface area contributed by atoms with Gasteiger partial charge in [-0.15, -0.1) is 0 Å². The standard InChI is InChI=1S/C18H16BrN3/c1-2-18(8-4-3-5-9-18)22-17-13(11-20)12-21-16-7-6-14(19)10-15(16)17/h3-8,10,12H,2,9H2,1H3,(H,21,22). The third-order valence-electron chi connectivity index (χ3n) is 4.10. The van der Waals surface area contributed by atoms with Crippen LogP contribution in [-0.4, -0.2) is 10.5 Å². The summed E-state index contributed by atoms with van der Waals surface area (Å²) in [6.07, 6.45) is 11.9. The molecule has 1 atom stereocenters. The minimum atomic E-state index is -0.156. The number of hydrogen-bond donors (Lipinski definition) is 1. The van der Waals surface area contributed by atoms with Crippen LogP contribution in [0.2, 0.25) is 0 Å². The molecule has 22 heavy (non-hydrogen) atoms. The van der Waals surface area contributed by atoms with Crippen LogP contribution in [0.15, 0.2) is 53.2 Å². The van der Waals surface area contributed by atoms with Gasteiger partial charge < -0.3 is 5.32 Å². The first-order valence-electron chi connectivity index (χ1n) is 7.28. The maximum atomic E-state index is 9.46. The Kier molecular flexibility index (Phi) is 4.00. The van der Waals surface area contributed by atoms with Crippen molar-refractivity contribution in [3.05, 3.63) is 58.7 Å². The molecular weight excluding hydrogens is 338 g/mol. The molecule has 0 radical (unpaired) electrons. The summed E-state index contributed by atoms with van der Waals surface area (Å²) in [6, 6.07) is 8.19. The number of fused-ring (bicyclic) bond motifs is 1. The molecule has 1 aliphatic rings. The van der Waals surface area contributed by atoms with Gasteiger partial charge in [-0.25, -0.2) is 0 Å². The van der Waals surface area contributed by atoms with E-state index in [2.05, 4.69) is 63.5 Å². The number of nitrogens with one attached hydrogen (secondary N) is 1. The number of anilines is 1. The summed E-state index contributed by atoms with van der Waals surface area (Å²) in [5.74, 6) is 0. The van der Waals surface area contributed by atoms with E-state index < -0.39 is 0 Å². The first-order valence-corrected chi connectivity index (χ1v) is 8.08. The number of nitrogens with zero attached hydrogens (tertiary/aromatic N) is 2. The van der Waals surface area contributed by atoms with E-state index in [1.54, 1.807) is 6.20 Å². The average molecular weight is 354 g/mol. The smallest absolute Gasteiger partial charge is 0.103 e. The minimum Gasteiger partial charge on any atom is -0.374 e. The van der Waals surface area contributed by atoms with Gasteiger partial charge in [0.05, 0.1) is 22.3 Å². The third-order valence-corrected chi connectivity index (χ3v) is 4.59. The molecule has 0 spiro atoms. The zero-order chi connectivity index (χ0) is 15.6. The van der Waals surface area contributed by atoms with E-state index in [9.17, 15) is 5.26 Å². The SMILES string of the molecule is CCC1(Nc2c(C#N)cnc3ccc(Br)cc23)C=CC=CC1. The fourth-order valence-electron chi connectivity index (χ4n) is 2.74. The largest absolute Gasteiger partial charge is 0.374 e. The normalized spacial score (nSPS) is 20.0. The number of allylic oxidation sites excluding steroid dienone is 2. The summed E-state index contributed by atoms with van der Waals surface area (Å²) < 4.78 is 0.976. The monoisotopic (exact) mass is 353 g/mol. The predicted octanol–water partition coefficient (Wildman–Crippen LogP) is 4.95. The number of rotatable bonds is 3. The van der Waals surface area contributed by atoms with Crippen LogP contribution in [0.3, 0.4) is 0 Å². The van der Waals surface area contributed by atoms with Gasteiger partial charge in [0.2, 0.25) is 0 Å². The first-order chi connectivity index (χ1) is 10.7. The molecule has 1 aromatic carbocycles. The lowest BCUT2D eigenvalue weighted by Gasteiger charge is -2.33. The Labute approximate surface area is 138 Å². The highest BCUT2D eigenvalue weighted by Crippen LogP contribution is 2.34. The number of halogens is 1. The van der Waals surface area contributed by atoms with Crippen LogP contribution >= 0.6 is 15.9 Å². The van der Waals surface area contributed by atoms with Crippen molar-refractivity contribution >= 4 is 32.5 Å². The van der Waals surface area contributed by atoms with Crippen molar-refractivity contribution < 1.29 is 0 Å². The fraction of sp³-hybridized carbons (Fsp3) is 0.222. The van der Waals surface area contributed by atoms with Gasteiger partial charge >= 0.3 is 0 Å². The molecule has 0 fully saturated rings. The van der Waals surface area contributed by atoms with E-state index in [4.69, 9.17) is 0 Å². The van der Waals surface area contributed by atoms with E-state index in [0.717, 1.165) is 33.9 Å². The highest BCUT2D eigenvalue weighted by Gasteiger charge is 2.26. The van der Waals surface area contributed by atoms with Crippen molar-refractivity contribution in [3.63, 3.8) is 0 Å². The van der Waals surface area contributed by atoms with Gasteiger partial charge in [-0.05, 0) is 31.0 Å². The van der Waals surface area contributed by atoms with Crippen LogP contribution in [0, 0.1) is 11.3 Å². The lowest BCUT2D eigenvalue weighted by atomic mass is 9.87. The van der Waals surface area contributed by atoms with Crippen LogP contribution in [0.25, 0.3) is 10.9 Å². The summed E-state index contributed by atoms with van der Waals surface area (Å²) in [4.78, 5) is 4.38. The maximum Gasteiger partial charge on any atom is 0.103 e. The fourth-order valence-corrected chi connectivity index (χ4v) is 3.10. The summed E-state index contributed by atoms with van der Waals surface area (Å²) in [7, 11) is 0. The predicted molar refractivity (Wildman–Crippen MR) is 93.7 cm³/mol. The van der Waals surface area contributed by atoms with Gasteiger partial charge in [-0.1, -0.05) is 47.2 Å². The molecule has 0 saturated carbocycles. The van der Waals surface area contributed by atoms with Gasteiger partial charge in [-0.2, -0.15) is 5.26 Å². The molecule has 1 unspecified atom stereocenters. The topological polar surface area (TPSA) is 48.7 Å². The lowest BCUT2D eigenvalue weighted by Crippen LogP contribution is -2.36. The van der Waals surface area contributed by atoms with Crippen molar-refractivity contribution in [1.82, 2.24) is 4.98 Å². The van der Waals surface area contributed by atoms with Gasteiger partial charge in [0.25, 0.3) is 0 Å². The van der Waals surface area contributed by atoms with E-state index in [1.165, 1.54) is 0 Å². The zero-order valence-electron chi connectivity index (χ0n) is 12.3. The molecule has 0 aliphatic heterocycles. The summed E-state index contributed by atoms with van der Waals surface area (Å²) in [5, 5.41) is 14.0. The van der Waals surface area contributed by atoms with Crippen molar-refractivity contribution in [2.24, 2.45) is 0 Å². The molecule has 1 aromatic heterocycles. The van der Waals surface area contributed by atoms with Crippen LogP contribution in [-0.2, 0) is 0 Å². The first kappa shape index (κ1) is 14.8. The maximum absolute atomic E-state index is 9.46. The second-order valence-electron chi connectivity index (χ2n) is 5.45. The number of nitriles is 1. The Morgan fingerprint density at radius 2 is 2.27 bits per heavy atom. The van der Waals surface area contributed by atoms with Gasteiger partial charge in [-0.3, -0.25) is 4.98 Å². The van der Waals surface area contributed by atoms with Crippen molar-refractivity contribution in [2.45, 2.75) is 25.3 Å². The number of hydrogen-bond acceptors (Lipinski definition) is 3. The van der Waals surface area contributed by atoms with Crippen molar-refractivity contribution in [1.29, 1.82) is 5.26 Å². The van der Waals surface area contributed by atoms with Crippen LogP contribution in [0.1, 0.15) is 25.3 Å². The quantitative estimate of drug-likeness (QED) is 0.849. The molecule has 3 nitrogen and oxygen atoms in total. The molecule has 0 bridgehead atoms. The summed E-state index contributed by atoms with van der Waals surface area (Å²) in [5.41, 5.74) is 2.15. The Balaban J connectivity index is 2.16. The van der Waals surface area contributed by atoms with Crippen molar-refractivity contribution in [2.75, 3.05) is 5.32 Å². The molecule has 1 N–H and O–H groups in total. The zero-order valence-corrected chi connectivity index (χ0v) is 13.9. The second-order valence-corrected chi connectivity index (χ2v) is 6.36. The van der Waals surface area contributed by atoms with Crippen LogP contribution in [0.4, 0.5) is 5.69 Å². The van der Waals surface area contributed by atoms with Crippen LogP contribution < -0.4 is 5.32 Å². The average Bonchev–Trinajstić information content (AvgIpc) is 2.56. The molecule has 3 rings (SSSR count). The molecule has 1 aliphatic carbocycles. The Morgan fingerprint density at radius 1 is 1.41 bits per heavy atom. The number of benzene rings is 1. The Bertz CT molecular complexity index is 817. The number of pyridine rings is 1. The highest BCUT2D eigenvalue weighted by atomic mass is 79.9. The lowest BCUT2D eigenvalue weighted by molar-refractivity contribution is 0.558. The van der Waals surface area contributed by atoms with Gasteiger partial charge in [0.15, 0.2) is 0 Å². The van der Waals surface area contributed by atoms with E-state index in [1.807, 2.05) is 18.2 Å². The van der Waals surface area contributed by atoms with Crippen LogP contribution in [0.5, 0.6) is 0 Å². The summed E-state index contributed by atoms with van der Waals surface area (Å²) >= 11 is 3.51. The molecule has 1 heterocycles. The third kappa shape index (κ3) is 2.65. The summed E-state index contributed by atoms with van der Waals surface area (Å²) in [6.45, 7) is 2.15. The molecule has 0 amide bonds. The molecule has 2 aromatic rings. The van der Waals surface area contributed by atoms with Gasteiger partial charge in [0, 0.05) is 16.1 Å². The van der Waals surface area contributed by atoms with Crippen molar-refractivity contribution in [3.8, 4) is 6.07 Å². The van der Waals surface area contributed by atoms with Gasteiger partial charge in [0.1, 0.15) is 6.07 Å². The minimum absolute atomic E-state index is 0.156. The Hall–Kier alpha value is -2.12. The molecule has 4 heteroatoms. The van der Waals surface area contributed by atoms with E-state index in [-0.39, 0.29) is 5.54 Å². The Morgan fingerprint density at radius 3 is 2.95 bits per heavy atom. The molecular formula is C18H16BrN3. The van der Waals surface area contributed by atoms with E-state index >= 15 is 0 Å². The molecule has 110 valence electrons. The molecule has 0 saturated heterocycles. The highest BCUT2D eigenvalue weighted by molar-refractivity contribution is 9.10. The second kappa shape index (κ2) is 5.94. The number of aromatic nitrogens is 1. The van der Waals surface area contributed by atoms with E-state index in [0.29, 0.717) is 5.56 Å².